The van der Waals surface area contributed by atoms with Gasteiger partial charge in [-0.3, -0.25) is 0 Å². The number of fused-ring (bicyclic) bond motifs is 1. The average Bonchev–Trinajstić information content (AvgIpc) is 3.17. The third-order valence-electron chi connectivity index (χ3n) is 5.53. The standard InChI is InChI=1S/C19H21N5O/c1-14-6-8-21-18(23-14)25-13-19-7-2-3-15(19)11-24(12-19)17-5-4-16(9-20)22-10-17/h4-6,8,10,15H,2-3,7,11-13H2,1H3. The molecule has 2 aliphatic rings. The Morgan fingerprint density at radius 3 is 3.04 bits per heavy atom. The minimum atomic E-state index is 0.154. The molecule has 3 heterocycles. The lowest BCUT2D eigenvalue weighted by molar-refractivity contribution is 0.130. The molecule has 2 atom stereocenters. The molecule has 1 saturated carbocycles. The summed E-state index contributed by atoms with van der Waals surface area (Å²) in [6.07, 6.45) is 7.20. The molecular weight excluding hydrogens is 314 g/mol. The van der Waals surface area contributed by atoms with E-state index in [0.717, 1.165) is 24.5 Å². The second-order valence-corrected chi connectivity index (χ2v) is 7.11. The Labute approximate surface area is 147 Å². The predicted octanol–water partition coefficient (Wildman–Crippen LogP) is 2.74. The highest BCUT2D eigenvalue weighted by atomic mass is 16.5. The first kappa shape index (κ1) is 15.8. The Kier molecular flexibility index (Phi) is 4.00. The predicted molar refractivity (Wildman–Crippen MR) is 93.2 cm³/mol. The van der Waals surface area contributed by atoms with Gasteiger partial charge < -0.3 is 9.64 Å². The van der Waals surface area contributed by atoms with Crippen molar-refractivity contribution in [1.82, 2.24) is 15.0 Å². The van der Waals surface area contributed by atoms with Crippen molar-refractivity contribution in [1.29, 1.82) is 5.26 Å². The van der Waals surface area contributed by atoms with E-state index in [-0.39, 0.29) is 5.41 Å². The number of hydrogen-bond acceptors (Lipinski definition) is 6. The normalized spacial score (nSPS) is 24.8. The maximum absolute atomic E-state index is 8.91. The van der Waals surface area contributed by atoms with Gasteiger partial charge in [-0.1, -0.05) is 6.42 Å². The zero-order chi connectivity index (χ0) is 17.3. The van der Waals surface area contributed by atoms with E-state index in [9.17, 15) is 0 Å². The van der Waals surface area contributed by atoms with Gasteiger partial charge in [0, 0.05) is 30.4 Å². The molecule has 6 heteroatoms. The summed E-state index contributed by atoms with van der Waals surface area (Å²) in [5.41, 5.74) is 2.61. The largest absolute Gasteiger partial charge is 0.463 e. The number of aromatic nitrogens is 3. The lowest BCUT2D eigenvalue weighted by Crippen LogP contribution is -2.34. The Hall–Kier alpha value is -2.68. The summed E-state index contributed by atoms with van der Waals surface area (Å²) in [4.78, 5) is 15.2. The van der Waals surface area contributed by atoms with Crippen LogP contribution in [0.15, 0.2) is 30.6 Å². The monoisotopic (exact) mass is 335 g/mol. The van der Waals surface area contributed by atoms with Gasteiger partial charge >= 0.3 is 6.01 Å². The lowest BCUT2D eigenvalue weighted by atomic mass is 9.82. The van der Waals surface area contributed by atoms with Crippen molar-refractivity contribution in [2.75, 3.05) is 24.6 Å². The first-order valence-corrected chi connectivity index (χ1v) is 8.72. The van der Waals surface area contributed by atoms with Crippen molar-refractivity contribution in [3.8, 4) is 12.1 Å². The summed E-state index contributed by atoms with van der Waals surface area (Å²) in [6, 6.07) is 8.19. The van der Waals surface area contributed by atoms with Gasteiger partial charge in [0.15, 0.2) is 0 Å². The molecule has 0 bridgehead atoms. The number of nitrogens with zero attached hydrogens (tertiary/aromatic N) is 5. The molecule has 6 nitrogen and oxygen atoms in total. The fourth-order valence-electron chi connectivity index (χ4n) is 4.19. The van der Waals surface area contributed by atoms with Crippen LogP contribution in [0.3, 0.4) is 0 Å². The van der Waals surface area contributed by atoms with E-state index in [4.69, 9.17) is 10.00 Å². The van der Waals surface area contributed by atoms with Gasteiger partial charge in [-0.15, -0.1) is 0 Å². The third-order valence-corrected chi connectivity index (χ3v) is 5.53. The second-order valence-electron chi connectivity index (χ2n) is 7.11. The molecule has 128 valence electrons. The molecule has 1 aliphatic carbocycles. The van der Waals surface area contributed by atoms with E-state index in [1.165, 1.54) is 19.3 Å². The smallest absolute Gasteiger partial charge is 0.316 e. The molecule has 2 aromatic rings. The number of ether oxygens (including phenoxy) is 1. The number of rotatable bonds is 4. The molecular formula is C19H21N5O. The van der Waals surface area contributed by atoms with E-state index >= 15 is 0 Å². The van der Waals surface area contributed by atoms with Gasteiger partial charge in [0.25, 0.3) is 0 Å². The summed E-state index contributed by atoms with van der Waals surface area (Å²) in [5, 5.41) is 8.91. The summed E-state index contributed by atoms with van der Waals surface area (Å²) in [5.74, 6) is 0.618. The van der Waals surface area contributed by atoms with E-state index in [1.54, 1.807) is 18.5 Å². The number of nitriles is 1. The van der Waals surface area contributed by atoms with Gasteiger partial charge in [0.2, 0.25) is 0 Å². The minimum Gasteiger partial charge on any atom is -0.463 e. The van der Waals surface area contributed by atoms with Crippen LogP contribution in [-0.2, 0) is 0 Å². The molecule has 0 aromatic carbocycles. The van der Waals surface area contributed by atoms with Crippen molar-refractivity contribution >= 4 is 5.69 Å². The average molecular weight is 335 g/mol. The zero-order valence-corrected chi connectivity index (χ0v) is 14.4. The molecule has 2 unspecified atom stereocenters. The molecule has 0 radical (unpaired) electrons. The highest BCUT2D eigenvalue weighted by Crippen LogP contribution is 2.49. The maximum atomic E-state index is 8.91. The Morgan fingerprint density at radius 1 is 1.36 bits per heavy atom. The zero-order valence-electron chi connectivity index (χ0n) is 14.4. The summed E-state index contributed by atoms with van der Waals surface area (Å²) >= 11 is 0. The first-order valence-electron chi connectivity index (χ1n) is 8.72. The number of hydrogen-bond donors (Lipinski definition) is 0. The van der Waals surface area contributed by atoms with Crippen molar-refractivity contribution < 1.29 is 4.74 Å². The van der Waals surface area contributed by atoms with Crippen LogP contribution < -0.4 is 9.64 Å². The molecule has 1 aliphatic heterocycles. The summed E-state index contributed by atoms with van der Waals surface area (Å²) < 4.78 is 5.99. The number of anilines is 1. The Bertz CT molecular complexity index is 800. The fraction of sp³-hybridized carbons (Fsp3) is 0.474. The van der Waals surface area contributed by atoms with Crippen molar-refractivity contribution in [2.45, 2.75) is 26.2 Å². The second kappa shape index (κ2) is 6.32. The van der Waals surface area contributed by atoms with Crippen LogP contribution in [0.5, 0.6) is 6.01 Å². The van der Waals surface area contributed by atoms with E-state index in [0.29, 0.717) is 24.2 Å². The van der Waals surface area contributed by atoms with Crippen LogP contribution in [0.4, 0.5) is 5.69 Å². The molecule has 25 heavy (non-hydrogen) atoms. The van der Waals surface area contributed by atoms with Crippen molar-refractivity contribution in [2.24, 2.45) is 11.3 Å². The van der Waals surface area contributed by atoms with E-state index < -0.39 is 0 Å². The Balaban J connectivity index is 1.49. The van der Waals surface area contributed by atoms with Gasteiger partial charge in [0.1, 0.15) is 11.8 Å². The van der Waals surface area contributed by atoms with Crippen LogP contribution in [0.1, 0.15) is 30.7 Å². The first-order chi connectivity index (χ1) is 12.2. The molecule has 1 saturated heterocycles. The van der Waals surface area contributed by atoms with Crippen LogP contribution in [0, 0.1) is 29.6 Å². The fourth-order valence-corrected chi connectivity index (χ4v) is 4.19. The lowest BCUT2D eigenvalue weighted by Gasteiger charge is -2.28. The third kappa shape index (κ3) is 3.02. The van der Waals surface area contributed by atoms with Gasteiger partial charge in [0.05, 0.1) is 18.5 Å². The summed E-state index contributed by atoms with van der Waals surface area (Å²) in [6.45, 7) is 4.57. The minimum absolute atomic E-state index is 0.154. The van der Waals surface area contributed by atoms with E-state index in [1.807, 2.05) is 19.1 Å². The van der Waals surface area contributed by atoms with Crippen molar-refractivity contribution in [3.05, 3.63) is 42.0 Å². The number of aryl methyl sites for hydroxylation is 1. The van der Waals surface area contributed by atoms with Crippen molar-refractivity contribution in [3.63, 3.8) is 0 Å². The molecule has 0 amide bonds. The maximum Gasteiger partial charge on any atom is 0.316 e. The van der Waals surface area contributed by atoms with Gasteiger partial charge in [-0.05, 0) is 43.9 Å². The molecule has 0 spiro atoms. The molecule has 0 N–H and O–H groups in total. The highest BCUT2D eigenvalue weighted by Gasteiger charge is 2.50. The van der Waals surface area contributed by atoms with Crippen LogP contribution in [0.25, 0.3) is 0 Å². The van der Waals surface area contributed by atoms with Gasteiger partial charge in [-0.25, -0.2) is 15.0 Å². The van der Waals surface area contributed by atoms with E-state index in [2.05, 4.69) is 25.9 Å². The molecule has 2 fully saturated rings. The summed E-state index contributed by atoms with van der Waals surface area (Å²) in [7, 11) is 0. The molecule has 2 aromatic heterocycles. The quantitative estimate of drug-likeness (QED) is 0.855. The highest BCUT2D eigenvalue weighted by molar-refractivity contribution is 5.48. The van der Waals surface area contributed by atoms with Crippen LogP contribution in [0.2, 0.25) is 0 Å². The van der Waals surface area contributed by atoms with Crippen LogP contribution in [-0.4, -0.2) is 34.6 Å². The van der Waals surface area contributed by atoms with Gasteiger partial charge in [-0.2, -0.15) is 5.26 Å². The SMILES string of the molecule is Cc1ccnc(OCC23CCCC2CN(c2ccc(C#N)nc2)C3)n1. The number of pyridine rings is 1. The molecule has 4 rings (SSSR count). The topological polar surface area (TPSA) is 74.9 Å². The Morgan fingerprint density at radius 2 is 2.28 bits per heavy atom. The van der Waals surface area contributed by atoms with Crippen LogP contribution >= 0.6 is 0 Å².